The summed E-state index contributed by atoms with van der Waals surface area (Å²) in [4.78, 5) is 1.24. The lowest BCUT2D eigenvalue weighted by molar-refractivity contribution is 0.580. The number of nitrogens with one attached hydrogen (secondary N) is 1. The fourth-order valence-electron chi connectivity index (χ4n) is 1.57. The van der Waals surface area contributed by atoms with E-state index in [2.05, 4.69) is 42.2 Å². The summed E-state index contributed by atoms with van der Waals surface area (Å²) in [6.07, 6.45) is 2.55. The average Bonchev–Trinajstić information content (AvgIpc) is 2.92. The Hall–Kier alpha value is -0.790. The van der Waals surface area contributed by atoms with E-state index in [4.69, 9.17) is 0 Å². The Morgan fingerprint density at radius 1 is 1.53 bits per heavy atom. The highest BCUT2D eigenvalue weighted by atomic mass is 79.9. The SMILES string of the molecule is Brc1ccsc1Cn1nnnc1CNC1CC1. The molecule has 2 aromatic heterocycles. The quantitative estimate of drug-likeness (QED) is 0.914. The standard InChI is InChI=1S/C10H12BrN5S/c11-8-3-4-17-9(8)6-16-10(13-14-15-16)5-12-7-1-2-7/h3-4,7,12H,1-2,5-6H2. The third kappa shape index (κ3) is 2.72. The number of hydrogen-bond acceptors (Lipinski definition) is 5. The van der Waals surface area contributed by atoms with Crippen LogP contribution in [0.5, 0.6) is 0 Å². The molecule has 1 aliphatic rings. The molecular formula is C10H12BrN5S. The first-order chi connectivity index (χ1) is 8.33. The zero-order valence-corrected chi connectivity index (χ0v) is 11.5. The van der Waals surface area contributed by atoms with Gasteiger partial charge in [-0.05, 0) is 50.6 Å². The van der Waals surface area contributed by atoms with Crippen molar-refractivity contribution in [2.45, 2.75) is 32.0 Å². The van der Waals surface area contributed by atoms with E-state index in [1.807, 2.05) is 10.7 Å². The van der Waals surface area contributed by atoms with Gasteiger partial charge in [0, 0.05) is 15.4 Å². The van der Waals surface area contributed by atoms with Crippen LogP contribution in [0.1, 0.15) is 23.5 Å². The molecule has 7 heteroatoms. The molecule has 1 saturated carbocycles. The van der Waals surface area contributed by atoms with Crippen LogP contribution in [0, 0.1) is 0 Å². The zero-order valence-electron chi connectivity index (χ0n) is 9.14. The Morgan fingerprint density at radius 2 is 2.41 bits per heavy atom. The molecule has 1 fully saturated rings. The molecule has 0 bridgehead atoms. The molecule has 17 heavy (non-hydrogen) atoms. The summed E-state index contributed by atoms with van der Waals surface area (Å²) in [6, 6.07) is 2.72. The Kier molecular flexibility index (Phi) is 3.21. The number of nitrogens with zero attached hydrogens (tertiary/aromatic N) is 4. The molecule has 2 aromatic rings. The lowest BCUT2D eigenvalue weighted by Crippen LogP contribution is -2.19. The summed E-state index contributed by atoms with van der Waals surface area (Å²) in [5.41, 5.74) is 0. The fraction of sp³-hybridized carbons (Fsp3) is 0.500. The smallest absolute Gasteiger partial charge is 0.165 e. The molecular weight excluding hydrogens is 302 g/mol. The molecule has 1 aliphatic carbocycles. The predicted octanol–water partition coefficient (Wildman–Crippen LogP) is 1.80. The summed E-state index contributed by atoms with van der Waals surface area (Å²) in [6.45, 7) is 1.48. The van der Waals surface area contributed by atoms with Gasteiger partial charge in [-0.15, -0.1) is 16.4 Å². The van der Waals surface area contributed by atoms with Crippen molar-refractivity contribution in [3.05, 3.63) is 26.6 Å². The number of rotatable bonds is 5. The Labute approximate surface area is 111 Å². The van der Waals surface area contributed by atoms with E-state index in [0.29, 0.717) is 6.04 Å². The molecule has 0 saturated heterocycles. The van der Waals surface area contributed by atoms with Crippen LogP contribution in [0.3, 0.4) is 0 Å². The van der Waals surface area contributed by atoms with Crippen LogP contribution in [0.4, 0.5) is 0 Å². The van der Waals surface area contributed by atoms with Gasteiger partial charge in [0.05, 0.1) is 13.1 Å². The number of thiophene rings is 1. The van der Waals surface area contributed by atoms with Crippen LogP contribution >= 0.6 is 27.3 Å². The largest absolute Gasteiger partial charge is 0.307 e. The Bertz CT molecular complexity index is 504. The van der Waals surface area contributed by atoms with Crippen molar-refractivity contribution >= 4 is 27.3 Å². The van der Waals surface area contributed by atoms with Crippen LogP contribution in [-0.4, -0.2) is 26.2 Å². The highest BCUT2D eigenvalue weighted by Crippen LogP contribution is 2.23. The molecule has 1 N–H and O–H groups in total. The second-order valence-corrected chi connectivity index (χ2v) is 5.95. The minimum absolute atomic E-state index is 0.675. The average molecular weight is 314 g/mol. The number of halogens is 1. The zero-order chi connectivity index (χ0) is 11.7. The van der Waals surface area contributed by atoms with Gasteiger partial charge < -0.3 is 5.32 Å². The molecule has 5 nitrogen and oxygen atoms in total. The van der Waals surface area contributed by atoms with Gasteiger partial charge in [-0.3, -0.25) is 0 Å². The first kappa shape index (κ1) is 11.3. The lowest BCUT2D eigenvalue weighted by Gasteiger charge is -2.04. The number of tetrazole rings is 1. The van der Waals surface area contributed by atoms with Crippen LogP contribution in [0.25, 0.3) is 0 Å². The van der Waals surface area contributed by atoms with Crippen molar-refractivity contribution in [2.24, 2.45) is 0 Å². The van der Waals surface area contributed by atoms with Crippen molar-refractivity contribution in [1.29, 1.82) is 0 Å². The van der Waals surface area contributed by atoms with E-state index in [1.165, 1.54) is 17.7 Å². The lowest BCUT2D eigenvalue weighted by atomic mass is 10.4. The maximum absolute atomic E-state index is 4.05. The topological polar surface area (TPSA) is 55.6 Å². The van der Waals surface area contributed by atoms with Crippen LogP contribution in [0.15, 0.2) is 15.9 Å². The summed E-state index contributed by atoms with van der Waals surface area (Å²) < 4.78 is 2.98. The van der Waals surface area contributed by atoms with Crippen molar-refractivity contribution < 1.29 is 0 Å². The first-order valence-corrected chi connectivity index (χ1v) is 7.20. The number of aromatic nitrogens is 4. The van der Waals surface area contributed by atoms with E-state index < -0.39 is 0 Å². The molecule has 0 aromatic carbocycles. The van der Waals surface area contributed by atoms with Crippen LogP contribution in [0.2, 0.25) is 0 Å². The second-order valence-electron chi connectivity index (χ2n) is 4.10. The van der Waals surface area contributed by atoms with Gasteiger partial charge in [-0.1, -0.05) is 0 Å². The van der Waals surface area contributed by atoms with E-state index in [9.17, 15) is 0 Å². The van der Waals surface area contributed by atoms with Gasteiger partial charge in [0.1, 0.15) is 0 Å². The molecule has 0 amide bonds. The molecule has 2 heterocycles. The molecule has 0 radical (unpaired) electrons. The highest BCUT2D eigenvalue weighted by Gasteiger charge is 2.21. The van der Waals surface area contributed by atoms with Gasteiger partial charge in [0.15, 0.2) is 5.82 Å². The molecule has 90 valence electrons. The minimum Gasteiger partial charge on any atom is -0.307 e. The molecule has 3 rings (SSSR count). The Morgan fingerprint density at radius 3 is 3.12 bits per heavy atom. The number of hydrogen-bond donors (Lipinski definition) is 1. The van der Waals surface area contributed by atoms with Crippen LogP contribution < -0.4 is 5.32 Å². The van der Waals surface area contributed by atoms with E-state index in [-0.39, 0.29) is 0 Å². The minimum atomic E-state index is 0.675. The first-order valence-electron chi connectivity index (χ1n) is 5.53. The van der Waals surface area contributed by atoms with Crippen molar-refractivity contribution in [1.82, 2.24) is 25.5 Å². The molecule has 0 atom stereocenters. The Balaban J connectivity index is 1.69. The third-order valence-corrected chi connectivity index (χ3v) is 4.63. The predicted molar refractivity (Wildman–Crippen MR) is 68.8 cm³/mol. The van der Waals surface area contributed by atoms with Gasteiger partial charge in [-0.25, -0.2) is 4.68 Å². The molecule has 0 aliphatic heterocycles. The monoisotopic (exact) mass is 313 g/mol. The van der Waals surface area contributed by atoms with E-state index in [1.54, 1.807) is 11.3 Å². The summed E-state index contributed by atoms with van der Waals surface area (Å²) in [7, 11) is 0. The molecule has 0 unspecified atom stereocenters. The second kappa shape index (κ2) is 4.83. The summed E-state index contributed by atoms with van der Waals surface area (Å²) in [5, 5.41) is 17.3. The normalized spacial score (nSPS) is 15.4. The van der Waals surface area contributed by atoms with Gasteiger partial charge in [-0.2, -0.15) is 0 Å². The van der Waals surface area contributed by atoms with Gasteiger partial charge >= 0.3 is 0 Å². The fourth-order valence-corrected chi connectivity index (χ4v) is 3.03. The van der Waals surface area contributed by atoms with Crippen molar-refractivity contribution in [3.63, 3.8) is 0 Å². The van der Waals surface area contributed by atoms with E-state index in [0.717, 1.165) is 23.4 Å². The van der Waals surface area contributed by atoms with Crippen molar-refractivity contribution in [3.8, 4) is 0 Å². The summed E-state index contributed by atoms with van der Waals surface area (Å²) in [5.74, 6) is 0.900. The maximum atomic E-state index is 4.05. The van der Waals surface area contributed by atoms with Gasteiger partial charge in [0.2, 0.25) is 0 Å². The van der Waals surface area contributed by atoms with Gasteiger partial charge in [0.25, 0.3) is 0 Å². The van der Waals surface area contributed by atoms with Crippen molar-refractivity contribution in [2.75, 3.05) is 0 Å². The summed E-state index contributed by atoms with van der Waals surface area (Å²) >= 11 is 5.23. The molecule has 0 spiro atoms. The van der Waals surface area contributed by atoms with E-state index >= 15 is 0 Å². The maximum Gasteiger partial charge on any atom is 0.165 e. The van der Waals surface area contributed by atoms with Crippen LogP contribution in [-0.2, 0) is 13.1 Å². The highest BCUT2D eigenvalue weighted by molar-refractivity contribution is 9.10. The third-order valence-electron chi connectivity index (χ3n) is 2.72.